The number of halogens is 2. The average molecular weight is 307 g/mol. The second kappa shape index (κ2) is 5.49. The van der Waals surface area contributed by atoms with Crippen LogP contribution in [0.25, 0.3) is 11.0 Å². The van der Waals surface area contributed by atoms with Crippen molar-refractivity contribution in [1.29, 1.82) is 0 Å². The van der Waals surface area contributed by atoms with Crippen LogP contribution in [0, 0.1) is 0 Å². The summed E-state index contributed by atoms with van der Waals surface area (Å²) < 4.78 is 5.65. The summed E-state index contributed by atoms with van der Waals surface area (Å²) in [6.07, 6.45) is -0.242. The summed E-state index contributed by atoms with van der Waals surface area (Å²) in [4.78, 5) is 0. The molecule has 0 fully saturated rings. The highest BCUT2D eigenvalue weighted by Crippen LogP contribution is 2.30. The molecule has 1 unspecified atom stereocenters. The van der Waals surface area contributed by atoms with Gasteiger partial charge in [0.1, 0.15) is 11.9 Å². The summed E-state index contributed by atoms with van der Waals surface area (Å²) in [5.41, 5.74) is 1.60. The molecule has 0 amide bonds. The molecule has 20 heavy (non-hydrogen) atoms. The van der Waals surface area contributed by atoms with Crippen LogP contribution in [0.4, 0.5) is 0 Å². The first kappa shape index (κ1) is 13.5. The van der Waals surface area contributed by atoms with Gasteiger partial charge in [-0.25, -0.2) is 0 Å². The number of fused-ring (bicyclic) bond motifs is 1. The number of hydrogen-bond acceptors (Lipinski definition) is 2. The smallest absolute Gasteiger partial charge is 0.152 e. The largest absolute Gasteiger partial charge is 0.457 e. The van der Waals surface area contributed by atoms with E-state index in [9.17, 15) is 5.11 Å². The molecule has 102 valence electrons. The Morgan fingerprint density at radius 3 is 2.50 bits per heavy atom. The van der Waals surface area contributed by atoms with Gasteiger partial charge in [0.15, 0.2) is 5.58 Å². The van der Waals surface area contributed by atoms with Gasteiger partial charge in [0.2, 0.25) is 0 Å². The van der Waals surface area contributed by atoms with Crippen molar-refractivity contribution < 1.29 is 9.52 Å². The number of aliphatic hydroxyl groups excluding tert-OH is 1. The zero-order valence-electron chi connectivity index (χ0n) is 10.5. The predicted molar refractivity (Wildman–Crippen MR) is 81.3 cm³/mol. The van der Waals surface area contributed by atoms with Gasteiger partial charge in [-0.05, 0) is 29.8 Å². The van der Waals surface area contributed by atoms with Crippen LogP contribution in [0.5, 0.6) is 0 Å². The number of rotatable bonds is 3. The SMILES string of the molecule is OC(Cc1ccc(Cl)cc1)c1cc2cccc(Cl)c2o1. The molecular weight excluding hydrogens is 295 g/mol. The van der Waals surface area contributed by atoms with E-state index in [1.54, 1.807) is 18.2 Å². The molecular formula is C16H12Cl2O2. The van der Waals surface area contributed by atoms with E-state index in [0.717, 1.165) is 10.9 Å². The Morgan fingerprint density at radius 2 is 1.80 bits per heavy atom. The summed E-state index contributed by atoms with van der Waals surface area (Å²) in [6.45, 7) is 0. The van der Waals surface area contributed by atoms with E-state index in [0.29, 0.717) is 27.8 Å². The van der Waals surface area contributed by atoms with E-state index in [2.05, 4.69) is 0 Å². The van der Waals surface area contributed by atoms with Crippen molar-refractivity contribution in [3.63, 3.8) is 0 Å². The molecule has 0 aliphatic heterocycles. The molecule has 4 heteroatoms. The molecule has 1 aromatic heterocycles. The predicted octanol–water partition coefficient (Wildman–Crippen LogP) is 5.02. The fourth-order valence-corrected chi connectivity index (χ4v) is 2.50. The van der Waals surface area contributed by atoms with Crippen molar-refractivity contribution in [1.82, 2.24) is 0 Å². The zero-order valence-corrected chi connectivity index (χ0v) is 12.0. The van der Waals surface area contributed by atoms with Crippen molar-refractivity contribution in [2.45, 2.75) is 12.5 Å². The van der Waals surface area contributed by atoms with Crippen molar-refractivity contribution in [2.75, 3.05) is 0 Å². The number of para-hydroxylation sites is 1. The van der Waals surface area contributed by atoms with E-state index in [-0.39, 0.29) is 0 Å². The van der Waals surface area contributed by atoms with E-state index in [1.807, 2.05) is 30.3 Å². The second-order valence-corrected chi connectivity index (χ2v) is 5.50. The van der Waals surface area contributed by atoms with E-state index in [4.69, 9.17) is 27.6 Å². The third-order valence-corrected chi connectivity index (χ3v) is 3.74. The Balaban J connectivity index is 1.86. The third-order valence-electron chi connectivity index (χ3n) is 3.19. The lowest BCUT2D eigenvalue weighted by Gasteiger charge is -2.07. The molecule has 3 rings (SSSR count). The molecule has 0 bridgehead atoms. The zero-order chi connectivity index (χ0) is 14.1. The molecule has 2 nitrogen and oxygen atoms in total. The van der Waals surface area contributed by atoms with Crippen LogP contribution in [0.3, 0.4) is 0 Å². The standard InChI is InChI=1S/C16H12Cl2O2/c17-12-6-4-10(5-7-12)8-14(19)15-9-11-2-1-3-13(18)16(11)20-15/h1-7,9,14,19H,8H2. The van der Waals surface area contributed by atoms with Crippen molar-refractivity contribution in [3.05, 3.63) is 69.9 Å². The summed E-state index contributed by atoms with van der Waals surface area (Å²) >= 11 is 11.9. The lowest BCUT2D eigenvalue weighted by atomic mass is 10.1. The van der Waals surface area contributed by atoms with Gasteiger partial charge >= 0.3 is 0 Å². The molecule has 0 aliphatic rings. The fourth-order valence-electron chi connectivity index (χ4n) is 2.16. The number of benzene rings is 2. The Hall–Kier alpha value is -1.48. The molecule has 0 saturated heterocycles. The molecule has 0 radical (unpaired) electrons. The van der Waals surface area contributed by atoms with Crippen molar-refractivity contribution >= 4 is 34.2 Å². The lowest BCUT2D eigenvalue weighted by molar-refractivity contribution is 0.152. The topological polar surface area (TPSA) is 33.4 Å². The van der Waals surface area contributed by atoms with Crippen molar-refractivity contribution in [3.8, 4) is 0 Å². The van der Waals surface area contributed by atoms with Gasteiger partial charge in [0.25, 0.3) is 0 Å². The molecule has 0 aliphatic carbocycles. The monoisotopic (exact) mass is 306 g/mol. The van der Waals surface area contributed by atoms with Crippen LogP contribution in [-0.4, -0.2) is 5.11 Å². The highest BCUT2D eigenvalue weighted by Gasteiger charge is 2.15. The molecule has 1 heterocycles. The second-order valence-electron chi connectivity index (χ2n) is 4.65. The van der Waals surface area contributed by atoms with E-state index in [1.165, 1.54) is 0 Å². The highest BCUT2D eigenvalue weighted by molar-refractivity contribution is 6.34. The highest BCUT2D eigenvalue weighted by atomic mass is 35.5. The maximum Gasteiger partial charge on any atom is 0.152 e. The van der Waals surface area contributed by atoms with Gasteiger partial charge < -0.3 is 9.52 Å². The van der Waals surface area contributed by atoms with Gasteiger partial charge in [-0.1, -0.05) is 47.5 Å². The summed E-state index contributed by atoms with van der Waals surface area (Å²) in [5, 5.41) is 12.4. The van der Waals surface area contributed by atoms with Gasteiger partial charge in [-0.15, -0.1) is 0 Å². The van der Waals surface area contributed by atoms with E-state index >= 15 is 0 Å². The summed E-state index contributed by atoms with van der Waals surface area (Å²) in [5.74, 6) is 0.517. The molecule has 0 saturated carbocycles. The van der Waals surface area contributed by atoms with Gasteiger partial charge in [-0.2, -0.15) is 0 Å². The maximum absolute atomic E-state index is 10.3. The molecule has 3 aromatic rings. The fraction of sp³-hybridized carbons (Fsp3) is 0.125. The first-order valence-corrected chi connectivity index (χ1v) is 6.99. The van der Waals surface area contributed by atoms with Gasteiger partial charge in [-0.3, -0.25) is 0 Å². The molecule has 2 aromatic carbocycles. The molecule has 0 spiro atoms. The van der Waals surface area contributed by atoms with Crippen LogP contribution >= 0.6 is 23.2 Å². The number of furan rings is 1. The van der Waals surface area contributed by atoms with Gasteiger partial charge in [0.05, 0.1) is 5.02 Å². The normalized spacial score (nSPS) is 12.8. The first-order chi connectivity index (χ1) is 9.63. The maximum atomic E-state index is 10.3. The lowest BCUT2D eigenvalue weighted by Crippen LogP contribution is -2.00. The minimum atomic E-state index is -0.709. The Kier molecular flexibility index (Phi) is 3.70. The Morgan fingerprint density at radius 1 is 1.05 bits per heavy atom. The van der Waals surface area contributed by atoms with Crippen LogP contribution < -0.4 is 0 Å². The minimum Gasteiger partial charge on any atom is -0.457 e. The quantitative estimate of drug-likeness (QED) is 0.737. The van der Waals surface area contributed by atoms with Crippen LogP contribution in [0.15, 0.2) is 52.9 Å². The summed E-state index contributed by atoms with van der Waals surface area (Å²) in [6, 6.07) is 14.7. The number of hydrogen-bond donors (Lipinski definition) is 1. The van der Waals surface area contributed by atoms with E-state index < -0.39 is 6.10 Å². The van der Waals surface area contributed by atoms with Crippen LogP contribution in [-0.2, 0) is 6.42 Å². The van der Waals surface area contributed by atoms with Crippen molar-refractivity contribution in [2.24, 2.45) is 0 Å². The molecule has 1 N–H and O–H groups in total. The Labute approximate surface area is 126 Å². The first-order valence-electron chi connectivity index (χ1n) is 6.24. The summed E-state index contributed by atoms with van der Waals surface area (Å²) in [7, 11) is 0. The number of aliphatic hydroxyl groups is 1. The minimum absolute atomic E-state index is 0.467. The van der Waals surface area contributed by atoms with Crippen LogP contribution in [0.2, 0.25) is 10.0 Å². The molecule has 1 atom stereocenters. The van der Waals surface area contributed by atoms with Crippen LogP contribution in [0.1, 0.15) is 17.4 Å². The Bertz CT molecular complexity index is 732. The van der Waals surface area contributed by atoms with Gasteiger partial charge in [0, 0.05) is 16.8 Å². The third kappa shape index (κ3) is 2.68. The average Bonchev–Trinajstić information content (AvgIpc) is 2.87.